The van der Waals surface area contributed by atoms with Gasteiger partial charge in [-0.25, -0.2) is 8.42 Å². The van der Waals surface area contributed by atoms with Crippen LogP contribution in [0.4, 0.5) is 0 Å². The zero-order chi connectivity index (χ0) is 13.8. The number of rotatable bonds is 7. The number of hydrogen-bond donors (Lipinski definition) is 1. The van der Waals surface area contributed by atoms with E-state index in [0.717, 1.165) is 6.54 Å². The number of nitrogens with one attached hydrogen (secondary N) is 1. The average molecular weight is 289 g/mol. The summed E-state index contributed by atoms with van der Waals surface area (Å²) in [7, 11) is -2.93. The van der Waals surface area contributed by atoms with Crippen molar-refractivity contribution < 1.29 is 8.42 Å². The molecule has 0 saturated carbocycles. The maximum atomic E-state index is 11.6. The van der Waals surface area contributed by atoms with E-state index in [2.05, 4.69) is 30.6 Å². The fourth-order valence-corrected chi connectivity index (χ4v) is 3.35. The average Bonchev–Trinajstić information content (AvgIpc) is 2.78. The highest BCUT2D eigenvalue weighted by Gasteiger charge is 2.22. The lowest BCUT2D eigenvalue weighted by atomic mass is 9.91. The molecule has 1 rings (SSSR count). The Morgan fingerprint density at radius 2 is 2.06 bits per heavy atom. The molecular formula is C13H23NO2S2. The first-order chi connectivity index (χ1) is 8.26. The molecule has 0 bridgehead atoms. The second-order valence-corrected chi connectivity index (χ2v) is 9.08. The molecule has 0 spiro atoms. The fourth-order valence-electron chi connectivity index (χ4n) is 1.60. The molecular weight excluding hydrogens is 266 g/mol. The van der Waals surface area contributed by atoms with Gasteiger partial charge in [-0.1, -0.05) is 19.9 Å². The molecule has 1 N–H and O–H groups in total. The van der Waals surface area contributed by atoms with E-state index in [1.807, 2.05) is 6.07 Å². The largest absolute Gasteiger partial charge is 0.315 e. The smallest absolute Gasteiger partial charge is 0.153 e. The quantitative estimate of drug-likeness (QED) is 0.784. The summed E-state index contributed by atoms with van der Waals surface area (Å²) in [5, 5.41) is 5.03. The van der Waals surface area contributed by atoms with E-state index in [-0.39, 0.29) is 16.4 Å². The zero-order valence-electron chi connectivity index (χ0n) is 11.6. The number of thiophene rings is 1. The zero-order valence-corrected chi connectivity index (χ0v) is 13.2. The van der Waals surface area contributed by atoms with Gasteiger partial charge in [0.25, 0.3) is 0 Å². The van der Waals surface area contributed by atoms with Gasteiger partial charge in [0, 0.05) is 23.4 Å². The van der Waals surface area contributed by atoms with Crippen LogP contribution in [0.3, 0.4) is 0 Å². The molecule has 0 amide bonds. The van der Waals surface area contributed by atoms with Gasteiger partial charge in [0.15, 0.2) is 9.84 Å². The maximum Gasteiger partial charge on any atom is 0.153 e. The van der Waals surface area contributed by atoms with E-state index < -0.39 is 9.84 Å². The molecule has 0 radical (unpaired) electrons. The minimum absolute atomic E-state index is 0.0513. The first-order valence-corrected chi connectivity index (χ1v) is 8.81. The highest BCUT2D eigenvalue weighted by molar-refractivity contribution is 7.92. The van der Waals surface area contributed by atoms with Gasteiger partial charge in [-0.15, -0.1) is 11.3 Å². The van der Waals surface area contributed by atoms with E-state index >= 15 is 0 Å². The van der Waals surface area contributed by atoms with Gasteiger partial charge in [0.05, 0.1) is 11.0 Å². The van der Waals surface area contributed by atoms with Gasteiger partial charge in [0.2, 0.25) is 0 Å². The van der Waals surface area contributed by atoms with Crippen molar-refractivity contribution >= 4 is 21.2 Å². The summed E-state index contributed by atoms with van der Waals surface area (Å²) >= 11 is 1.74. The summed E-state index contributed by atoms with van der Waals surface area (Å²) in [4.78, 5) is 1.32. The molecule has 104 valence electrons. The minimum atomic E-state index is -2.93. The van der Waals surface area contributed by atoms with E-state index in [1.54, 1.807) is 25.2 Å². The molecule has 0 saturated heterocycles. The molecule has 0 aliphatic carbocycles. The van der Waals surface area contributed by atoms with Crippen molar-refractivity contribution in [3.05, 3.63) is 22.4 Å². The van der Waals surface area contributed by atoms with Crippen LogP contribution < -0.4 is 5.32 Å². The predicted molar refractivity (Wildman–Crippen MR) is 79.1 cm³/mol. The van der Waals surface area contributed by atoms with E-state index in [1.165, 1.54) is 4.88 Å². The van der Waals surface area contributed by atoms with Gasteiger partial charge < -0.3 is 5.32 Å². The molecule has 18 heavy (non-hydrogen) atoms. The Bertz CT molecular complexity index is 447. The molecule has 0 atom stereocenters. The van der Waals surface area contributed by atoms with Crippen molar-refractivity contribution in [1.82, 2.24) is 5.32 Å². The number of sulfone groups is 1. The topological polar surface area (TPSA) is 46.2 Å². The monoisotopic (exact) mass is 289 g/mol. The minimum Gasteiger partial charge on any atom is -0.315 e. The normalized spacial score (nSPS) is 13.2. The van der Waals surface area contributed by atoms with Gasteiger partial charge >= 0.3 is 0 Å². The van der Waals surface area contributed by atoms with E-state index in [9.17, 15) is 8.42 Å². The Morgan fingerprint density at radius 3 is 2.56 bits per heavy atom. The summed E-state index contributed by atoms with van der Waals surface area (Å²) in [6.45, 7) is 9.11. The van der Waals surface area contributed by atoms with Crippen LogP contribution in [0.25, 0.3) is 0 Å². The number of hydrogen-bond acceptors (Lipinski definition) is 4. The fraction of sp³-hybridized carbons (Fsp3) is 0.692. The SMILES string of the molecule is CC(C)S(=O)(=O)CCNCC(C)(C)c1cccs1. The Kier molecular flexibility index (Phi) is 5.37. The molecule has 0 aliphatic rings. The van der Waals surface area contributed by atoms with E-state index in [4.69, 9.17) is 0 Å². The first-order valence-electron chi connectivity index (χ1n) is 6.22. The van der Waals surface area contributed by atoms with Crippen molar-refractivity contribution in [2.45, 2.75) is 38.4 Å². The van der Waals surface area contributed by atoms with Crippen molar-refractivity contribution in [3.63, 3.8) is 0 Å². The van der Waals surface area contributed by atoms with E-state index in [0.29, 0.717) is 6.54 Å². The lowest BCUT2D eigenvalue weighted by molar-refractivity contribution is 0.484. The molecule has 0 aromatic carbocycles. The second-order valence-electron chi connectivity index (χ2n) is 5.45. The van der Waals surface area contributed by atoms with Crippen LogP contribution in [0, 0.1) is 0 Å². The van der Waals surface area contributed by atoms with Gasteiger partial charge in [0.1, 0.15) is 0 Å². The lowest BCUT2D eigenvalue weighted by Gasteiger charge is -2.23. The van der Waals surface area contributed by atoms with Crippen LogP contribution in [0.2, 0.25) is 0 Å². The first kappa shape index (κ1) is 15.7. The Hall–Kier alpha value is -0.390. The summed E-state index contributed by atoms with van der Waals surface area (Å²) in [6.07, 6.45) is 0. The molecule has 1 heterocycles. The summed E-state index contributed by atoms with van der Waals surface area (Å²) in [5.74, 6) is 0.213. The predicted octanol–water partition coefficient (Wildman–Crippen LogP) is 2.44. The van der Waals surface area contributed by atoms with Gasteiger partial charge in [-0.05, 0) is 25.3 Å². The van der Waals surface area contributed by atoms with Crippen LogP contribution in [0.5, 0.6) is 0 Å². The second kappa shape index (κ2) is 6.17. The van der Waals surface area contributed by atoms with Gasteiger partial charge in [-0.3, -0.25) is 0 Å². The lowest BCUT2D eigenvalue weighted by Crippen LogP contribution is -2.35. The molecule has 0 aliphatic heterocycles. The molecule has 5 heteroatoms. The summed E-state index contributed by atoms with van der Waals surface area (Å²) < 4.78 is 23.3. The van der Waals surface area contributed by atoms with Crippen LogP contribution >= 0.6 is 11.3 Å². The molecule has 3 nitrogen and oxygen atoms in total. The molecule has 1 aromatic heterocycles. The molecule has 1 aromatic rings. The van der Waals surface area contributed by atoms with Crippen LogP contribution in [-0.4, -0.2) is 32.5 Å². The highest BCUT2D eigenvalue weighted by Crippen LogP contribution is 2.26. The third-order valence-electron chi connectivity index (χ3n) is 3.04. The summed E-state index contributed by atoms with van der Waals surface area (Å²) in [5.41, 5.74) is 0.0513. The Labute approximate surface area is 115 Å². The summed E-state index contributed by atoms with van der Waals surface area (Å²) in [6, 6.07) is 4.17. The molecule has 0 fully saturated rings. The Balaban J connectivity index is 2.39. The third-order valence-corrected chi connectivity index (χ3v) is 6.48. The standard InChI is InChI=1S/C13H23NO2S2/c1-11(2)18(15,16)9-7-14-10-13(3,4)12-6-5-8-17-12/h5-6,8,11,14H,7,9-10H2,1-4H3. The highest BCUT2D eigenvalue weighted by atomic mass is 32.2. The van der Waals surface area contributed by atoms with Crippen molar-refractivity contribution in [2.75, 3.05) is 18.8 Å². The Morgan fingerprint density at radius 1 is 1.39 bits per heavy atom. The van der Waals surface area contributed by atoms with Crippen LogP contribution in [-0.2, 0) is 15.3 Å². The maximum absolute atomic E-state index is 11.6. The molecule has 0 unspecified atom stereocenters. The van der Waals surface area contributed by atoms with Crippen molar-refractivity contribution in [3.8, 4) is 0 Å². The third kappa shape index (κ3) is 4.37. The van der Waals surface area contributed by atoms with Crippen molar-refractivity contribution in [1.29, 1.82) is 0 Å². The van der Waals surface area contributed by atoms with Crippen LogP contribution in [0.1, 0.15) is 32.6 Å². The van der Waals surface area contributed by atoms with Gasteiger partial charge in [-0.2, -0.15) is 0 Å². The van der Waals surface area contributed by atoms with Crippen molar-refractivity contribution in [2.24, 2.45) is 0 Å². The van der Waals surface area contributed by atoms with Crippen LogP contribution in [0.15, 0.2) is 17.5 Å².